The fraction of sp³-hybridized carbons (Fsp3) is 0.200. The zero-order valence-corrected chi connectivity index (χ0v) is 10.6. The van der Waals surface area contributed by atoms with Crippen molar-refractivity contribution in [1.82, 2.24) is 10.2 Å². The van der Waals surface area contributed by atoms with Gasteiger partial charge in [-0.3, -0.25) is 19.8 Å². The first-order chi connectivity index (χ1) is 8.49. The number of carbonyl (C=O) groups is 2. The van der Waals surface area contributed by atoms with Crippen molar-refractivity contribution in [1.29, 1.82) is 0 Å². The first-order valence-corrected chi connectivity index (χ1v) is 5.79. The largest absolute Gasteiger partial charge is 0.329 e. The second kappa shape index (κ2) is 4.73. The number of carbonyl (C=O) groups excluding carboxylic acids is 2. The van der Waals surface area contributed by atoms with E-state index >= 15 is 0 Å². The van der Waals surface area contributed by atoms with Crippen molar-refractivity contribution in [3.63, 3.8) is 0 Å². The van der Waals surface area contributed by atoms with E-state index < -0.39 is 11.0 Å². The van der Waals surface area contributed by atoms with Gasteiger partial charge in [0.15, 0.2) is 0 Å². The number of hydrogen-bond acceptors (Lipinski definition) is 4. The number of imide groups is 1. The van der Waals surface area contributed by atoms with Crippen LogP contribution in [0.15, 0.2) is 22.7 Å². The van der Waals surface area contributed by atoms with Crippen LogP contribution in [0.1, 0.15) is 5.56 Å². The lowest BCUT2D eigenvalue weighted by Gasteiger charge is -2.12. The number of nitrogens with one attached hydrogen (secondary N) is 1. The SMILES string of the molecule is O=C1CNC(=O)N1Cc1ccc(Br)c([N+](=O)[O-])c1. The van der Waals surface area contributed by atoms with Crippen LogP contribution >= 0.6 is 15.9 Å². The lowest BCUT2D eigenvalue weighted by atomic mass is 10.2. The van der Waals surface area contributed by atoms with Crippen molar-refractivity contribution in [3.8, 4) is 0 Å². The minimum Gasteiger partial charge on any atom is -0.329 e. The van der Waals surface area contributed by atoms with E-state index in [1.807, 2.05) is 0 Å². The van der Waals surface area contributed by atoms with Gasteiger partial charge in [0.1, 0.15) is 0 Å². The van der Waals surface area contributed by atoms with Crippen LogP contribution in [0, 0.1) is 10.1 Å². The van der Waals surface area contributed by atoms with E-state index in [0.29, 0.717) is 10.0 Å². The number of nitrogens with zero attached hydrogens (tertiary/aromatic N) is 2. The van der Waals surface area contributed by atoms with Crippen molar-refractivity contribution in [3.05, 3.63) is 38.3 Å². The number of benzene rings is 1. The fourth-order valence-corrected chi connectivity index (χ4v) is 1.99. The Kier molecular flexibility index (Phi) is 3.28. The van der Waals surface area contributed by atoms with E-state index in [0.717, 1.165) is 4.90 Å². The first-order valence-electron chi connectivity index (χ1n) is 5.00. The van der Waals surface area contributed by atoms with Gasteiger partial charge in [0.25, 0.3) is 5.69 Å². The molecule has 1 fully saturated rings. The van der Waals surface area contributed by atoms with Crippen molar-refractivity contribution < 1.29 is 14.5 Å². The van der Waals surface area contributed by atoms with Crippen LogP contribution in [-0.2, 0) is 11.3 Å². The Labute approximate surface area is 110 Å². The third-order valence-electron chi connectivity index (χ3n) is 2.48. The molecule has 8 heteroatoms. The zero-order chi connectivity index (χ0) is 13.3. The molecule has 1 aromatic rings. The number of nitro groups is 1. The quantitative estimate of drug-likeness (QED) is 0.518. The third kappa shape index (κ3) is 2.33. The number of halogens is 1. The topological polar surface area (TPSA) is 92.6 Å². The van der Waals surface area contributed by atoms with Crippen LogP contribution in [0.2, 0.25) is 0 Å². The summed E-state index contributed by atoms with van der Waals surface area (Å²) in [6, 6.07) is 4.00. The molecule has 0 unspecified atom stereocenters. The van der Waals surface area contributed by atoms with Crippen LogP contribution in [0.5, 0.6) is 0 Å². The summed E-state index contributed by atoms with van der Waals surface area (Å²) in [5.41, 5.74) is 0.426. The number of urea groups is 1. The van der Waals surface area contributed by atoms with Gasteiger partial charge >= 0.3 is 6.03 Å². The molecular weight excluding hydrogens is 306 g/mol. The monoisotopic (exact) mass is 313 g/mol. The molecule has 0 saturated carbocycles. The smallest absolute Gasteiger partial charge is 0.324 e. The maximum absolute atomic E-state index is 11.4. The van der Waals surface area contributed by atoms with Crippen molar-refractivity contribution in [2.45, 2.75) is 6.54 Å². The Hall–Kier alpha value is -1.96. The highest BCUT2D eigenvalue weighted by molar-refractivity contribution is 9.10. The molecule has 3 amide bonds. The van der Waals surface area contributed by atoms with Gasteiger partial charge in [0, 0.05) is 6.07 Å². The average molecular weight is 314 g/mol. The first kappa shape index (κ1) is 12.5. The maximum atomic E-state index is 11.4. The molecule has 1 aliphatic heterocycles. The molecule has 1 heterocycles. The third-order valence-corrected chi connectivity index (χ3v) is 3.16. The lowest BCUT2D eigenvalue weighted by Crippen LogP contribution is -2.30. The number of amides is 3. The van der Waals surface area contributed by atoms with Crippen molar-refractivity contribution in [2.24, 2.45) is 0 Å². The van der Waals surface area contributed by atoms with E-state index in [-0.39, 0.29) is 24.7 Å². The lowest BCUT2D eigenvalue weighted by molar-refractivity contribution is -0.385. The summed E-state index contributed by atoms with van der Waals surface area (Å²) in [6.45, 7) is -0.00373. The molecule has 0 aliphatic carbocycles. The standard InChI is InChI=1S/C10H8BrN3O4/c11-7-2-1-6(3-8(7)14(17)18)5-13-9(15)4-12-10(13)16/h1-3H,4-5H2,(H,12,16). The molecule has 7 nitrogen and oxygen atoms in total. The molecule has 2 rings (SSSR count). The summed E-state index contributed by atoms with van der Waals surface area (Å²) in [5.74, 6) is -0.342. The van der Waals surface area contributed by atoms with Gasteiger partial charge in [-0.25, -0.2) is 4.79 Å². The second-order valence-electron chi connectivity index (χ2n) is 3.68. The van der Waals surface area contributed by atoms with Crippen LogP contribution in [0.25, 0.3) is 0 Å². The van der Waals surface area contributed by atoms with E-state index in [1.54, 1.807) is 6.07 Å². The zero-order valence-electron chi connectivity index (χ0n) is 9.05. The summed E-state index contributed by atoms with van der Waals surface area (Å²) in [5, 5.41) is 13.1. The molecule has 18 heavy (non-hydrogen) atoms. The van der Waals surface area contributed by atoms with E-state index in [2.05, 4.69) is 21.2 Å². The van der Waals surface area contributed by atoms with Crippen LogP contribution in [0.4, 0.5) is 10.5 Å². The fourth-order valence-electron chi connectivity index (χ4n) is 1.59. The molecule has 0 aromatic heterocycles. The Balaban J connectivity index is 2.24. The Morgan fingerprint density at radius 2 is 2.17 bits per heavy atom. The predicted octanol–water partition coefficient (Wildman–Crippen LogP) is 1.41. The Bertz CT molecular complexity index is 530. The van der Waals surface area contributed by atoms with Gasteiger partial charge in [0.05, 0.1) is 22.5 Å². The number of hydrogen-bond donors (Lipinski definition) is 1. The Morgan fingerprint density at radius 1 is 1.44 bits per heavy atom. The van der Waals surface area contributed by atoms with E-state index in [1.165, 1.54) is 12.1 Å². The molecule has 0 radical (unpaired) electrons. The normalized spacial score (nSPS) is 14.8. The van der Waals surface area contributed by atoms with Gasteiger partial charge in [0.2, 0.25) is 5.91 Å². The second-order valence-corrected chi connectivity index (χ2v) is 4.54. The molecular formula is C10H8BrN3O4. The molecule has 1 aliphatic rings. The van der Waals surface area contributed by atoms with Gasteiger partial charge in [-0.2, -0.15) is 0 Å². The maximum Gasteiger partial charge on any atom is 0.324 e. The summed E-state index contributed by atoms with van der Waals surface area (Å²) in [4.78, 5) is 33.9. The Morgan fingerprint density at radius 3 is 2.72 bits per heavy atom. The summed E-state index contributed by atoms with van der Waals surface area (Å²) in [7, 11) is 0. The van der Waals surface area contributed by atoms with Crippen molar-refractivity contribution in [2.75, 3.05) is 6.54 Å². The summed E-state index contributed by atoms with van der Waals surface area (Å²) in [6.07, 6.45) is 0. The number of rotatable bonds is 3. The molecule has 1 saturated heterocycles. The summed E-state index contributed by atoms with van der Waals surface area (Å²) < 4.78 is 0.355. The predicted molar refractivity (Wildman–Crippen MR) is 64.7 cm³/mol. The molecule has 0 atom stereocenters. The summed E-state index contributed by atoms with van der Waals surface area (Å²) >= 11 is 3.07. The molecule has 1 aromatic carbocycles. The minimum atomic E-state index is -0.528. The highest BCUT2D eigenvalue weighted by Crippen LogP contribution is 2.26. The average Bonchev–Trinajstić information content (AvgIpc) is 2.63. The minimum absolute atomic E-state index is 0.0266. The van der Waals surface area contributed by atoms with Crippen LogP contribution < -0.4 is 5.32 Å². The van der Waals surface area contributed by atoms with Crippen molar-refractivity contribution >= 4 is 33.6 Å². The highest BCUT2D eigenvalue weighted by atomic mass is 79.9. The van der Waals surface area contributed by atoms with E-state index in [9.17, 15) is 19.7 Å². The molecule has 0 bridgehead atoms. The van der Waals surface area contributed by atoms with Gasteiger partial charge in [-0.15, -0.1) is 0 Å². The van der Waals surface area contributed by atoms with Gasteiger partial charge < -0.3 is 5.32 Å². The molecule has 1 N–H and O–H groups in total. The van der Waals surface area contributed by atoms with Crippen LogP contribution in [0.3, 0.4) is 0 Å². The highest BCUT2D eigenvalue weighted by Gasteiger charge is 2.28. The van der Waals surface area contributed by atoms with E-state index in [4.69, 9.17) is 0 Å². The number of nitro benzene ring substituents is 1. The van der Waals surface area contributed by atoms with Gasteiger partial charge in [-0.1, -0.05) is 6.07 Å². The molecule has 0 spiro atoms. The van der Waals surface area contributed by atoms with Gasteiger partial charge in [-0.05, 0) is 27.6 Å². The molecule has 94 valence electrons. The van der Waals surface area contributed by atoms with Crippen LogP contribution in [-0.4, -0.2) is 28.3 Å².